The fourth-order valence-electron chi connectivity index (χ4n) is 4.56. The average molecular weight is 457 g/mol. The Morgan fingerprint density at radius 2 is 2.03 bits per heavy atom. The number of fused-ring (bicyclic) bond motifs is 3. The molecule has 1 aromatic heterocycles. The lowest BCUT2D eigenvalue weighted by molar-refractivity contribution is -0.0421. The zero-order valence-electron chi connectivity index (χ0n) is 17.4. The molecule has 168 valence electrons. The van der Waals surface area contributed by atoms with Crippen molar-refractivity contribution in [3.63, 3.8) is 0 Å². The molecule has 1 unspecified atom stereocenters. The molecule has 3 aromatic rings. The molecule has 3 N–H and O–H groups in total. The van der Waals surface area contributed by atoms with Crippen molar-refractivity contribution in [1.29, 1.82) is 0 Å². The highest BCUT2D eigenvalue weighted by molar-refractivity contribution is 7.88. The Morgan fingerprint density at radius 3 is 2.81 bits per heavy atom. The molecule has 2 atom stereocenters. The maximum atomic E-state index is 12.9. The second-order valence-corrected chi connectivity index (χ2v) is 10.2. The molecule has 2 aromatic carbocycles. The van der Waals surface area contributed by atoms with Crippen molar-refractivity contribution in [2.45, 2.75) is 36.7 Å². The zero-order valence-corrected chi connectivity index (χ0v) is 18.2. The van der Waals surface area contributed by atoms with Crippen molar-refractivity contribution in [2.24, 2.45) is 0 Å². The van der Waals surface area contributed by atoms with Gasteiger partial charge in [-0.1, -0.05) is 36.4 Å². The molecule has 10 heteroatoms. The standard InChI is InChI=1S/C22H24BNO7S/c25-23(26)21(10-17-11-30-20-4-2-1-3-18(17)20)24-32(27,28)13-15-5-6-16-12-31-22(19(16)9-15)7-8-29-14-22/h1-6,9,11,21,24-26H,7-8,10,12-14H2/t21-,22?/m0/s1. The molecule has 0 radical (unpaired) electrons. The third-order valence-corrected chi connectivity index (χ3v) is 7.58. The van der Waals surface area contributed by atoms with Crippen molar-refractivity contribution in [3.05, 3.63) is 71.0 Å². The molecular formula is C22H24BNO7S. The van der Waals surface area contributed by atoms with Crippen molar-refractivity contribution in [2.75, 3.05) is 13.2 Å². The lowest BCUT2D eigenvalue weighted by atomic mass is 9.77. The van der Waals surface area contributed by atoms with E-state index in [1.165, 1.54) is 6.26 Å². The first-order chi connectivity index (χ1) is 15.4. The first kappa shape index (κ1) is 21.6. The summed E-state index contributed by atoms with van der Waals surface area (Å²) >= 11 is 0. The van der Waals surface area contributed by atoms with Crippen LogP contribution in [0.5, 0.6) is 0 Å². The van der Waals surface area contributed by atoms with Gasteiger partial charge in [0.15, 0.2) is 0 Å². The summed E-state index contributed by atoms with van der Waals surface area (Å²) in [6.07, 6.45) is 2.33. The average Bonchev–Trinajstić information content (AvgIpc) is 3.48. The van der Waals surface area contributed by atoms with Crippen LogP contribution < -0.4 is 4.72 Å². The van der Waals surface area contributed by atoms with Crippen LogP contribution in [0.15, 0.2) is 53.1 Å². The van der Waals surface area contributed by atoms with Gasteiger partial charge in [-0.25, -0.2) is 13.1 Å². The minimum Gasteiger partial charge on any atom is -0.464 e. The molecule has 2 aliphatic rings. The van der Waals surface area contributed by atoms with Crippen LogP contribution in [0.4, 0.5) is 0 Å². The number of nitrogens with one attached hydrogen (secondary N) is 1. The second kappa shape index (κ2) is 8.29. The van der Waals surface area contributed by atoms with E-state index in [-0.39, 0.29) is 12.2 Å². The Kier molecular flexibility index (Phi) is 5.61. The summed E-state index contributed by atoms with van der Waals surface area (Å²) in [5.74, 6) is -1.40. The Morgan fingerprint density at radius 1 is 1.19 bits per heavy atom. The van der Waals surface area contributed by atoms with Gasteiger partial charge in [-0.2, -0.15) is 0 Å². The molecule has 5 rings (SSSR count). The number of benzene rings is 2. The summed E-state index contributed by atoms with van der Waals surface area (Å²) in [6, 6.07) is 12.8. The Balaban J connectivity index is 1.34. The topological polar surface area (TPSA) is 118 Å². The van der Waals surface area contributed by atoms with Gasteiger partial charge in [0.2, 0.25) is 10.0 Å². The van der Waals surface area contributed by atoms with Gasteiger partial charge in [0.25, 0.3) is 0 Å². The Bertz CT molecular complexity index is 1230. The highest BCUT2D eigenvalue weighted by Gasteiger charge is 2.43. The molecule has 0 amide bonds. The summed E-state index contributed by atoms with van der Waals surface area (Å²) in [7, 11) is -5.73. The summed E-state index contributed by atoms with van der Waals surface area (Å²) in [4.78, 5) is 0. The zero-order chi connectivity index (χ0) is 22.3. The normalized spacial score (nSPS) is 21.3. The predicted octanol–water partition coefficient (Wildman–Crippen LogP) is 1.62. The van der Waals surface area contributed by atoms with Crippen LogP contribution in [0, 0.1) is 0 Å². The fourth-order valence-corrected chi connectivity index (χ4v) is 5.93. The van der Waals surface area contributed by atoms with Gasteiger partial charge >= 0.3 is 7.12 Å². The van der Waals surface area contributed by atoms with Crippen LogP contribution in [-0.2, 0) is 43.9 Å². The van der Waals surface area contributed by atoms with Gasteiger partial charge in [0.05, 0.1) is 31.2 Å². The van der Waals surface area contributed by atoms with Gasteiger partial charge in [0.1, 0.15) is 11.2 Å². The molecule has 1 fully saturated rings. The van der Waals surface area contributed by atoms with Crippen molar-refractivity contribution >= 4 is 28.1 Å². The molecule has 1 saturated heterocycles. The van der Waals surface area contributed by atoms with E-state index in [4.69, 9.17) is 13.9 Å². The Hall–Kier alpha value is -2.21. The third kappa shape index (κ3) is 4.10. The van der Waals surface area contributed by atoms with Crippen molar-refractivity contribution in [1.82, 2.24) is 4.72 Å². The molecule has 8 nitrogen and oxygen atoms in total. The lowest BCUT2D eigenvalue weighted by Gasteiger charge is -2.22. The molecule has 3 heterocycles. The summed E-state index contributed by atoms with van der Waals surface area (Å²) in [6.45, 7) is 1.57. The van der Waals surface area contributed by atoms with E-state index in [2.05, 4.69) is 4.72 Å². The second-order valence-electron chi connectivity index (χ2n) is 8.44. The largest absolute Gasteiger partial charge is 0.471 e. The van der Waals surface area contributed by atoms with E-state index in [0.29, 0.717) is 36.5 Å². The molecule has 0 saturated carbocycles. The van der Waals surface area contributed by atoms with Crippen LogP contribution in [0.25, 0.3) is 11.0 Å². The Labute approximate surface area is 186 Å². The number of sulfonamides is 1. The smallest absolute Gasteiger partial charge is 0.464 e. The molecule has 1 spiro atoms. The minimum atomic E-state index is -3.86. The molecular weight excluding hydrogens is 433 g/mol. The predicted molar refractivity (Wildman–Crippen MR) is 118 cm³/mol. The van der Waals surface area contributed by atoms with E-state index in [1.807, 2.05) is 30.3 Å². The number of furan rings is 1. The first-order valence-electron chi connectivity index (χ1n) is 10.5. The summed E-state index contributed by atoms with van der Waals surface area (Å²) < 4.78 is 45.2. The van der Waals surface area contributed by atoms with Crippen LogP contribution in [-0.4, -0.2) is 44.7 Å². The maximum Gasteiger partial charge on any atom is 0.471 e. The van der Waals surface area contributed by atoms with Gasteiger partial charge in [0, 0.05) is 18.4 Å². The van der Waals surface area contributed by atoms with Gasteiger partial charge < -0.3 is 23.9 Å². The summed E-state index contributed by atoms with van der Waals surface area (Å²) in [5.41, 5.74) is 3.48. The van der Waals surface area contributed by atoms with Crippen LogP contribution in [0.1, 0.15) is 28.7 Å². The van der Waals surface area contributed by atoms with Crippen LogP contribution >= 0.6 is 0 Å². The van der Waals surface area contributed by atoms with E-state index in [9.17, 15) is 18.5 Å². The number of ether oxygens (including phenoxy) is 2. The van der Waals surface area contributed by atoms with Gasteiger partial charge in [-0.3, -0.25) is 0 Å². The van der Waals surface area contributed by atoms with Crippen molar-refractivity contribution in [3.8, 4) is 0 Å². The van der Waals surface area contributed by atoms with E-state index >= 15 is 0 Å². The SMILES string of the molecule is O=S(=O)(Cc1ccc2c(c1)C1(CCOC1)OC2)N[C@@H](Cc1coc2ccccc12)B(O)O. The molecule has 2 aliphatic heterocycles. The highest BCUT2D eigenvalue weighted by Crippen LogP contribution is 2.42. The maximum absolute atomic E-state index is 12.9. The van der Waals surface area contributed by atoms with E-state index in [0.717, 1.165) is 22.9 Å². The first-order valence-corrected chi connectivity index (χ1v) is 12.2. The number of hydrogen-bond acceptors (Lipinski definition) is 7. The number of rotatable bonds is 7. The summed E-state index contributed by atoms with van der Waals surface area (Å²) in [5, 5.41) is 20.5. The quantitative estimate of drug-likeness (QED) is 0.462. The van der Waals surface area contributed by atoms with E-state index < -0.39 is 28.7 Å². The van der Waals surface area contributed by atoms with E-state index in [1.54, 1.807) is 12.1 Å². The fraction of sp³-hybridized carbons (Fsp3) is 0.364. The van der Waals surface area contributed by atoms with Crippen LogP contribution in [0.2, 0.25) is 0 Å². The van der Waals surface area contributed by atoms with Crippen molar-refractivity contribution < 1.29 is 32.4 Å². The number of hydrogen-bond donors (Lipinski definition) is 3. The highest BCUT2D eigenvalue weighted by atomic mass is 32.2. The lowest BCUT2D eigenvalue weighted by Crippen LogP contribution is -2.48. The van der Waals surface area contributed by atoms with Crippen LogP contribution in [0.3, 0.4) is 0 Å². The monoisotopic (exact) mass is 457 g/mol. The van der Waals surface area contributed by atoms with Gasteiger partial charge in [-0.05, 0) is 34.7 Å². The number of para-hydroxylation sites is 1. The third-order valence-electron chi connectivity index (χ3n) is 6.20. The minimum absolute atomic E-state index is 0.0758. The molecule has 0 bridgehead atoms. The molecule has 0 aliphatic carbocycles. The molecule has 32 heavy (non-hydrogen) atoms. The van der Waals surface area contributed by atoms with Gasteiger partial charge in [-0.15, -0.1) is 0 Å².